The van der Waals surface area contributed by atoms with Crippen molar-refractivity contribution >= 4 is 17.7 Å². The Hall–Kier alpha value is -1.82. The predicted molar refractivity (Wildman–Crippen MR) is 84.7 cm³/mol. The molecule has 0 spiro atoms. The van der Waals surface area contributed by atoms with Crippen LogP contribution in [0.25, 0.3) is 5.69 Å². The quantitative estimate of drug-likeness (QED) is 0.833. The van der Waals surface area contributed by atoms with Crippen molar-refractivity contribution in [3.05, 3.63) is 36.2 Å². The van der Waals surface area contributed by atoms with Crippen LogP contribution in [0, 0.1) is 6.92 Å². The van der Waals surface area contributed by atoms with E-state index in [1.54, 1.807) is 0 Å². The van der Waals surface area contributed by atoms with E-state index in [0.717, 1.165) is 23.1 Å². The molecule has 2 rings (SSSR count). The number of nitrogens with zero attached hydrogens (tertiary/aromatic N) is 3. The normalized spacial score (nSPS) is 12.1. The predicted octanol–water partition coefficient (Wildman–Crippen LogP) is 2.58. The number of benzene rings is 1. The molecule has 6 heteroatoms. The molecule has 1 heterocycles. The van der Waals surface area contributed by atoms with Crippen LogP contribution in [0.2, 0.25) is 0 Å². The zero-order valence-corrected chi connectivity index (χ0v) is 13.4. The average Bonchev–Trinajstić information content (AvgIpc) is 2.86. The van der Waals surface area contributed by atoms with Gasteiger partial charge in [0.15, 0.2) is 5.16 Å². The van der Waals surface area contributed by atoms with Crippen LogP contribution >= 0.6 is 11.8 Å². The highest BCUT2D eigenvalue weighted by Gasteiger charge is 2.13. The van der Waals surface area contributed by atoms with Crippen LogP contribution in [0.3, 0.4) is 0 Å². The first-order chi connectivity index (χ1) is 10.1. The lowest BCUT2D eigenvalue weighted by Crippen LogP contribution is -2.33. The summed E-state index contributed by atoms with van der Waals surface area (Å²) in [5.41, 5.74) is 1.00. The molecule has 0 fully saturated rings. The van der Waals surface area contributed by atoms with Gasteiger partial charge in [0.05, 0.1) is 5.75 Å². The second-order valence-electron chi connectivity index (χ2n) is 4.87. The van der Waals surface area contributed by atoms with Crippen molar-refractivity contribution in [1.82, 2.24) is 20.1 Å². The molecule has 1 N–H and O–H groups in total. The Morgan fingerprint density at radius 1 is 1.33 bits per heavy atom. The number of para-hydroxylation sites is 1. The number of aromatic nitrogens is 3. The van der Waals surface area contributed by atoms with Crippen LogP contribution in [-0.2, 0) is 4.79 Å². The van der Waals surface area contributed by atoms with Crippen molar-refractivity contribution in [3.8, 4) is 5.69 Å². The molecule has 2 aromatic rings. The Labute approximate surface area is 129 Å². The third kappa shape index (κ3) is 4.07. The lowest BCUT2D eigenvalue weighted by Gasteiger charge is -2.11. The molecule has 1 aromatic carbocycles. The minimum Gasteiger partial charge on any atom is -0.353 e. The summed E-state index contributed by atoms with van der Waals surface area (Å²) in [6.07, 6.45) is 0.926. The molecule has 0 bridgehead atoms. The smallest absolute Gasteiger partial charge is 0.230 e. The maximum absolute atomic E-state index is 11.9. The van der Waals surface area contributed by atoms with Gasteiger partial charge in [-0.25, -0.2) is 0 Å². The van der Waals surface area contributed by atoms with Crippen LogP contribution in [0.5, 0.6) is 0 Å². The molecular formula is C15H20N4OS. The Morgan fingerprint density at radius 2 is 2.05 bits per heavy atom. The molecule has 0 aliphatic heterocycles. The first-order valence-corrected chi connectivity index (χ1v) is 8.00. The molecule has 1 unspecified atom stereocenters. The Morgan fingerprint density at radius 3 is 2.71 bits per heavy atom. The second kappa shape index (κ2) is 7.26. The standard InChI is InChI=1S/C15H20N4OS/c1-4-11(2)16-14(20)10-21-15-18-17-12(3)19(15)13-8-6-5-7-9-13/h5-9,11H,4,10H2,1-3H3,(H,16,20). The van der Waals surface area contributed by atoms with Gasteiger partial charge in [0.2, 0.25) is 5.91 Å². The van der Waals surface area contributed by atoms with Crippen molar-refractivity contribution in [2.24, 2.45) is 0 Å². The van der Waals surface area contributed by atoms with Crippen LogP contribution in [0.4, 0.5) is 0 Å². The highest BCUT2D eigenvalue weighted by molar-refractivity contribution is 7.99. The van der Waals surface area contributed by atoms with E-state index in [4.69, 9.17) is 0 Å². The van der Waals surface area contributed by atoms with Crippen molar-refractivity contribution in [2.75, 3.05) is 5.75 Å². The van der Waals surface area contributed by atoms with E-state index >= 15 is 0 Å². The van der Waals surface area contributed by atoms with Crippen molar-refractivity contribution in [1.29, 1.82) is 0 Å². The van der Waals surface area contributed by atoms with Gasteiger partial charge in [0, 0.05) is 11.7 Å². The van der Waals surface area contributed by atoms with Crippen molar-refractivity contribution < 1.29 is 4.79 Å². The highest BCUT2D eigenvalue weighted by atomic mass is 32.2. The van der Waals surface area contributed by atoms with Gasteiger partial charge in [-0.3, -0.25) is 9.36 Å². The lowest BCUT2D eigenvalue weighted by molar-refractivity contribution is -0.119. The number of carbonyl (C=O) groups excluding carboxylic acids is 1. The Balaban J connectivity index is 2.07. The zero-order valence-electron chi connectivity index (χ0n) is 12.5. The number of hydrogen-bond acceptors (Lipinski definition) is 4. The topological polar surface area (TPSA) is 59.8 Å². The molecule has 112 valence electrons. The van der Waals surface area contributed by atoms with Crippen LogP contribution in [-0.4, -0.2) is 32.5 Å². The number of rotatable bonds is 6. The fraction of sp³-hybridized carbons (Fsp3) is 0.400. The van der Waals surface area contributed by atoms with E-state index in [1.807, 2.05) is 55.7 Å². The van der Waals surface area contributed by atoms with Crippen LogP contribution < -0.4 is 5.32 Å². The molecule has 0 saturated heterocycles. The third-order valence-electron chi connectivity index (χ3n) is 3.16. The van der Waals surface area contributed by atoms with E-state index in [-0.39, 0.29) is 11.9 Å². The van der Waals surface area contributed by atoms with Gasteiger partial charge in [-0.2, -0.15) is 0 Å². The van der Waals surface area contributed by atoms with Gasteiger partial charge in [-0.1, -0.05) is 36.9 Å². The minimum absolute atomic E-state index is 0.0228. The summed E-state index contributed by atoms with van der Waals surface area (Å²) in [4.78, 5) is 11.9. The lowest BCUT2D eigenvalue weighted by atomic mass is 10.3. The van der Waals surface area contributed by atoms with Gasteiger partial charge >= 0.3 is 0 Å². The number of aryl methyl sites for hydroxylation is 1. The highest BCUT2D eigenvalue weighted by Crippen LogP contribution is 2.21. The fourth-order valence-electron chi connectivity index (χ4n) is 1.86. The van der Waals surface area contributed by atoms with Crippen LogP contribution in [0.15, 0.2) is 35.5 Å². The maximum Gasteiger partial charge on any atom is 0.230 e. The first kappa shape index (κ1) is 15.6. The van der Waals surface area contributed by atoms with Gasteiger partial charge in [0.1, 0.15) is 5.82 Å². The summed E-state index contributed by atoms with van der Waals surface area (Å²) in [7, 11) is 0. The Kier molecular flexibility index (Phi) is 5.38. The maximum atomic E-state index is 11.9. The van der Waals surface area contributed by atoms with Gasteiger partial charge in [-0.15, -0.1) is 10.2 Å². The van der Waals surface area contributed by atoms with Crippen LogP contribution in [0.1, 0.15) is 26.1 Å². The van der Waals surface area contributed by atoms with E-state index < -0.39 is 0 Å². The Bertz CT molecular complexity index is 597. The molecule has 0 saturated carbocycles. The van der Waals surface area contributed by atoms with E-state index in [0.29, 0.717) is 5.75 Å². The molecule has 21 heavy (non-hydrogen) atoms. The van der Waals surface area contributed by atoms with Crippen molar-refractivity contribution in [2.45, 2.75) is 38.4 Å². The summed E-state index contributed by atoms with van der Waals surface area (Å²) in [6, 6.07) is 10.1. The first-order valence-electron chi connectivity index (χ1n) is 7.01. The fourth-order valence-corrected chi connectivity index (χ4v) is 2.67. The van der Waals surface area contributed by atoms with Crippen molar-refractivity contribution in [3.63, 3.8) is 0 Å². The number of hydrogen-bond donors (Lipinski definition) is 1. The molecule has 5 nitrogen and oxygen atoms in total. The SMILES string of the molecule is CCC(C)NC(=O)CSc1nnc(C)n1-c1ccccc1. The third-order valence-corrected chi connectivity index (χ3v) is 4.09. The molecular weight excluding hydrogens is 284 g/mol. The zero-order chi connectivity index (χ0) is 15.2. The number of thioether (sulfide) groups is 1. The molecule has 0 radical (unpaired) electrons. The largest absolute Gasteiger partial charge is 0.353 e. The van der Waals surface area contributed by atoms with Gasteiger partial charge in [0.25, 0.3) is 0 Å². The summed E-state index contributed by atoms with van der Waals surface area (Å²) >= 11 is 1.40. The molecule has 1 atom stereocenters. The number of amides is 1. The summed E-state index contributed by atoms with van der Waals surface area (Å²) in [5, 5.41) is 12.0. The average molecular weight is 304 g/mol. The van der Waals surface area contributed by atoms with Gasteiger partial charge in [-0.05, 0) is 32.4 Å². The number of carbonyl (C=O) groups is 1. The summed E-state index contributed by atoms with van der Waals surface area (Å²) in [5.74, 6) is 1.18. The molecule has 1 amide bonds. The molecule has 0 aliphatic rings. The minimum atomic E-state index is 0.0228. The van der Waals surface area contributed by atoms with E-state index in [1.165, 1.54) is 11.8 Å². The van der Waals surface area contributed by atoms with E-state index in [2.05, 4.69) is 15.5 Å². The molecule has 0 aliphatic carbocycles. The summed E-state index contributed by atoms with van der Waals surface area (Å²) in [6.45, 7) is 5.95. The van der Waals surface area contributed by atoms with Gasteiger partial charge < -0.3 is 5.32 Å². The second-order valence-corrected chi connectivity index (χ2v) is 5.81. The molecule has 1 aromatic heterocycles. The summed E-state index contributed by atoms with van der Waals surface area (Å²) < 4.78 is 1.96. The monoisotopic (exact) mass is 304 g/mol. The number of nitrogens with one attached hydrogen (secondary N) is 1. The van der Waals surface area contributed by atoms with E-state index in [9.17, 15) is 4.79 Å².